The van der Waals surface area contributed by atoms with Crippen LogP contribution in [-0.2, 0) is 4.79 Å². The SMILES string of the molecule is COc1ccc(NC2(C(N)=O)CCCC(C)C2)cc1. The maximum absolute atomic E-state index is 11.9. The van der Waals surface area contributed by atoms with Crippen molar-refractivity contribution in [2.75, 3.05) is 12.4 Å². The third-order valence-electron chi connectivity index (χ3n) is 3.94. The first kappa shape index (κ1) is 13.7. The second-order valence-corrected chi connectivity index (χ2v) is 5.50. The fraction of sp³-hybridized carbons (Fsp3) is 0.533. The minimum absolute atomic E-state index is 0.255. The summed E-state index contributed by atoms with van der Waals surface area (Å²) in [4.78, 5) is 11.9. The van der Waals surface area contributed by atoms with Crippen LogP contribution >= 0.6 is 0 Å². The Morgan fingerprint density at radius 2 is 2.11 bits per heavy atom. The number of primary amides is 1. The number of benzene rings is 1. The zero-order valence-electron chi connectivity index (χ0n) is 11.6. The van der Waals surface area contributed by atoms with E-state index in [2.05, 4.69) is 12.2 Å². The standard InChI is InChI=1S/C15H22N2O2/c1-11-4-3-9-15(10-11,14(16)18)17-12-5-7-13(19-2)8-6-12/h5-8,11,17H,3-4,9-10H2,1-2H3,(H2,16,18). The molecule has 0 saturated heterocycles. The fourth-order valence-corrected chi connectivity index (χ4v) is 2.90. The van der Waals surface area contributed by atoms with Gasteiger partial charge < -0.3 is 15.8 Å². The average Bonchev–Trinajstić information content (AvgIpc) is 2.39. The summed E-state index contributed by atoms with van der Waals surface area (Å²) in [5.74, 6) is 1.07. The number of rotatable bonds is 4. The van der Waals surface area contributed by atoms with Crippen molar-refractivity contribution in [3.05, 3.63) is 24.3 Å². The molecule has 2 atom stereocenters. The number of carbonyl (C=O) groups is 1. The predicted octanol–water partition coefficient (Wildman–Crippen LogP) is 2.54. The number of nitrogens with two attached hydrogens (primary N) is 1. The van der Waals surface area contributed by atoms with Crippen molar-refractivity contribution in [1.29, 1.82) is 0 Å². The lowest BCUT2D eigenvalue weighted by Crippen LogP contribution is -2.53. The van der Waals surface area contributed by atoms with E-state index in [0.29, 0.717) is 5.92 Å². The Labute approximate surface area is 114 Å². The van der Waals surface area contributed by atoms with Crippen LogP contribution in [0.2, 0.25) is 0 Å². The number of amides is 1. The summed E-state index contributed by atoms with van der Waals surface area (Å²) in [5, 5.41) is 3.35. The van der Waals surface area contributed by atoms with Crippen molar-refractivity contribution < 1.29 is 9.53 Å². The van der Waals surface area contributed by atoms with Crippen LogP contribution in [0.4, 0.5) is 5.69 Å². The van der Waals surface area contributed by atoms with Crippen molar-refractivity contribution >= 4 is 11.6 Å². The molecular weight excluding hydrogens is 240 g/mol. The van der Waals surface area contributed by atoms with Gasteiger partial charge in [0, 0.05) is 5.69 Å². The van der Waals surface area contributed by atoms with E-state index in [-0.39, 0.29) is 5.91 Å². The van der Waals surface area contributed by atoms with Gasteiger partial charge in [-0.3, -0.25) is 4.79 Å². The van der Waals surface area contributed by atoms with Gasteiger partial charge in [0.15, 0.2) is 0 Å². The van der Waals surface area contributed by atoms with Crippen molar-refractivity contribution in [2.24, 2.45) is 11.7 Å². The number of methoxy groups -OCH3 is 1. The molecule has 0 aromatic heterocycles. The highest BCUT2D eigenvalue weighted by Crippen LogP contribution is 2.35. The number of carbonyl (C=O) groups excluding carboxylic acids is 1. The van der Waals surface area contributed by atoms with E-state index < -0.39 is 5.54 Å². The third-order valence-corrected chi connectivity index (χ3v) is 3.94. The van der Waals surface area contributed by atoms with Gasteiger partial charge in [0.05, 0.1) is 7.11 Å². The minimum Gasteiger partial charge on any atom is -0.497 e. The molecule has 1 saturated carbocycles. The Hall–Kier alpha value is -1.71. The van der Waals surface area contributed by atoms with E-state index in [1.807, 2.05) is 24.3 Å². The van der Waals surface area contributed by atoms with E-state index in [1.165, 1.54) is 6.42 Å². The Bertz CT molecular complexity index is 444. The monoisotopic (exact) mass is 262 g/mol. The summed E-state index contributed by atoms with van der Waals surface area (Å²) < 4.78 is 5.13. The van der Waals surface area contributed by atoms with Gasteiger partial charge in [0.2, 0.25) is 5.91 Å². The molecule has 1 aromatic carbocycles. The number of anilines is 1. The van der Waals surface area contributed by atoms with Crippen LogP contribution in [0, 0.1) is 5.92 Å². The lowest BCUT2D eigenvalue weighted by Gasteiger charge is -2.38. The van der Waals surface area contributed by atoms with Gasteiger partial charge in [-0.15, -0.1) is 0 Å². The molecule has 1 aliphatic rings. The highest BCUT2D eigenvalue weighted by atomic mass is 16.5. The Morgan fingerprint density at radius 1 is 1.42 bits per heavy atom. The molecule has 3 N–H and O–H groups in total. The molecule has 0 radical (unpaired) electrons. The minimum atomic E-state index is -0.605. The second-order valence-electron chi connectivity index (χ2n) is 5.50. The molecule has 1 amide bonds. The van der Waals surface area contributed by atoms with Gasteiger partial charge in [0.1, 0.15) is 11.3 Å². The van der Waals surface area contributed by atoms with Crippen molar-refractivity contribution in [1.82, 2.24) is 0 Å². The smallest absolute Gasteiger partial charge is 0.243 e. The van der Waals surface area contributed by atoms with Crippen molar-refractivity contribution in [3.8, 4) is 5.75 Å². The maximum atomic E-state index is 11.9. The van der Waals surface area contributed by atoms with E-state index in [0.717, 1.165) is 30.7 Å². The molecule has 1 aromatic rings. The van der Waals surface area contributed by atoms with Crippen LogP contribution < -0.4 is 15.8 Å². The second kappa shape index (κ2) is 5.51. The van der Waals surface area contributed by atoms with Gasteiger partial charge in [0.25, 0.3) is 0 Å². The number of ether oxygens (including phenoxy) is 1. The lowest BCUT2D eigenvalue weighted by molar-refractivity contribution is -0.123. The van der Waals surface area contributed by atoms with Crippen LogP contribution in [-0.4, -0.2) is 18.6 Å². The summed E-state index contributed by atoms with van der Waals surface area (Å²) in [6, 6.07) is 7.60. The summed E-state index contributed by atoms with van der Waals surface area (Å²) in [7, 11) is 1.64. The zero-order valence-corrected chi connectivity index (χ0v) is 11.6. The maximum Gasteiger partial charge on any atom is 0.243 e. The first-order valence-electron chi connectivity index (χ1n) is 6.78. The van der Waals surface area contributed by atoms with Crippen LogP contribution in [0.1, 0.15) is 32.6 Å². The summed E-state index contributed by atoms with van der Waals surface area (Å²) in [6.45, 7) is 2.17. The topological polar surface area (TPSA) is 64.3 Å². The number of nitrogens with one attached hydrogen (secondary N) is 1. The molecule has 4 heteroatoms. The fourth-order valence-electron chi connectivity index (χ4n) is 2.90. The molecule has 0 bridgehead atoms. The van der Waals surface area contributed by atoms with E-state index in [9.17, 15) is 4.79 Å². The summed E-state index contributed by atoms with van der Waals surface area (Å²) >= 11 is 0. The molecule has 2 rings (SSSR count). The molecule has 4 nitrogen and oxygen atoms in total. The van der Waals surface area contributed by atoms with Gasteiger partial charge in [-0.25, -0.2) is 0 Å². The first-order chi connectivity index (χ1) is 9.05. The molecule has 0 spiro atoms. The van der Waals surface area contributed by atoms with E-state index in [4.69, 9.17) is 10.5 Å². The largest absolute Gasteiger partial charge is 0.497 e. The molecule has 2 unspecified atom stereocenters. The van der Waals surface area contributed by atoms with E-state index >= 15 is 0 Å². The Kier molecular flexibility index (Phi) is 3.98. The normalized spacial score (nSPS) is 26.7. The third kappa shape index (κ3) is 3.00. The van der Waals surface area contributed by atoms with Crippen LogP contribution in [0.15, 0.2) is 24.3 Å². The van der Waals surface area contributed by atoms with Crippen LogP contribution in [0.25, 0.3) is 0 Å². The molecule has 1 fully saturated rings. The highest BCUT2D eigenvalue weighted by molar-refractivity contribution is 5.88. The van der Waals surface area contributed by atoms with Gasteiger partial charge >= 0.3 is 0 Å². The predicted molar refractivity (Wildman–Crippen MR) is 76.2 cm³/mol. The summed E-state index contributed by atoms with van der Waals surface area (Å²) in [5.41, 5.74) is 5.95. The van der Waals surface area contributed by atoms with Crippen molar-refractivity contribution in [2.45, 2.75) is 38.1 Å². The summed E-state index contributed by atoms with van der Waals surface area (Å²) in [6.07, 6.45) is 3.81. The van der Waals surface area contributed by atoms with Crippen LogP contribution in [0.5, 0.6) is 5.75 Å². The van der Waals surface area contributed by atoms with Gasteiger partial charge in [-0.2, -0.15) is 0 Å². The van der Waals surface area contributed by atoms with E-state index in [1.54, 1.807) is 7.11 Å². The number of hydrogen-bond acceptors (Lipinski definition) is 3. The molecule has 1 aliphatic carbocycles. The average molecular weight is 262 g/mol. The molecular formula is C15H22N2O2. The zero-order chi connectivity index (χ0) is 13.9. The van der Waals surface area contributed by atoms with Crippen molar-refractivity contribution in [3.63, 3.8) is 0 Å². The highest BCUT2D eigenvalue weighted by Gasteiger charge is 2.40. The molecule has 0 aliphatic heterocycles. The first-order valence-corrected chi connectivity index (χ1v) is 6.78. The van der Waals surface area contributed by atoms with Crippen LogP contribution in [0.3, 0.4) is 0 Å². The Balaban J connectivity index is 2.18. The van der Waals surface area contributed by atoms with Gasteiger partial charge in [-0.1, -0.05) is 19.8 Å². The van der Waals surface area contributed by atoms with Gasteiger partial charge in [-0.05, 0) is 43.0 Å². The quantitative estimate of drug-likeness (QED) is 0.876. The molecule has 19 heavy (non-hydrogen) atoms. The molecule has 104 valence electrons. The number of hydrogen-bond donors (Lipinski definition) is 2. The lowest BCUT2D eigenvalue weighted by atomic mass is 9.75. The molecule has 0 heterocycles. The Morgan fingerprint density at radius 3 is 2.63 bits per heavy atom.